The second-order valence-electron chi connectivity index (χ2n) is 10.5. The fourth-order valence-corrected chi connectivity index (χ4v) is 5.33. The molecule has 2 aromatic rings. The molecule has 1 aliphatic rings. The van der Waals surface area contributed by atoms with Crippen molar-refractivity contribution in [2.24, 2.45) is 11.8 Å². The van der Waals surface area contributed by atoms with Gasteiger partial charge < -0.3 is 4.74 Å². The second-order valence-corrected chi connectivity index (χ2v) is 10.5. The van der Waals surface area contributed by atoms with E-state index in [-0.39, 0.29) is 11.3 Å². The molecule has 0 N–H and O–H groups in total. The average Bonchev–Trinajstić information content (AvgIpc) is 2.87. The van der Waals surface area contributed by atoms with Gasteiger partial charge in [-0.2, -0.15) is 0 Å². The highest BCUT2D eigenvalue weighted by molar-refractivity contribution is 5.91. The average molecular weight is 503 g/mol. The molecule has 2 nitrogen and oxygen atoms in total. The number of halogens is 3. The zero-order valence-electron chi connectivity index (χ0n) is 21.7. The summed E-state index contributed by atoms with van der Waals surface area (Å²) in [4.78, 5) is 12.3. The van der Waals surface area contributed by atoms with Gasteiger partial charge in [0.15, 0.2) is 11.6 Å². The maximum atomic E-state index is 14.6. The molecule has 1 saturated carbocycles. The predicted octanol–water partition coefficient (Wildman–Crippen LogP) is 9.59. The summed E-state index contributed by atoms with van der Waals surface area (Å²) >= 11 is 0. The van der Waals surface area contributed by atoms with Crippen molar-refractivity contribution in [3.63, 3.8) is 0 Å². The van der Waals surface area contributed by atoms with Crippen molar-refractivity contribution in [3.8, 4) is 5.75 Å². The summed E-state index contributed by atoms with van der Waals surface area (Å²) in [5, 5.41) is 0. The molecule has 0 amide bonds. The maximum Gasteiger partial charge on any atom is 0.346 e. The summed E-state index contributed by atoms with van der Waals surface area (Å²) in [6.45, 7) is 2.26. The van der Waals surface area contributed by atoms with Crippen LogP contribution in [-0.4, -0.2) is 5.97 Å². The lowest BCUT2D eigenvalue weighted by molar-refractivity contribution is 0.0729. The maximum absolute atomic E-state index is 14.6. The Hall–Kier alpha value is -2.30. The summed E-state index contributed by atoms with van der Waals surface area (Å²) in [6, 6.07) is 7.31. The van der Waals surface area contributed by atoms with Crippen LogP contribution in [-0.2, 0) is 6.42 Å². The lowest BCUT2D eigenvalue weighted by atomic mass is 9.77. The van der Waals surface area contributed by atoms with Gasteiger partial charge in [-0.25, -0.2) is 18.0 Å². The quantitative estimate of drug-likeness (QED) is 0.146. The highest BCUT2D eigenvalue weighted by Crippen LogP contribution is 2.34. The molecule has 0 atom stereocenters. The number of ether oxygens (including phenoxy) is 1. The number of hydrogen-bond donors (Lipinski definition) is 0. The van der Waals surface area contributed by atoms with Crippen molar-refractivity contribution in [1.29, 1.82) is 0 Å². The molecule has 1 aliphatic carbocycles. The molecule has 0 radical (unpaired) electrons. The first-order valence-corrected chi connectivity index (χ1v) is 13.9. The number of benzene rings is 2. The van der Waals surface area contributed by atoms with Crippen LogP contribution in [0.4, 0.5) is 13.2 Å². The molecule has 0 spiro atoms. The van der Waals surface area contributed by atoms with Crippen LogP contribution in [0.5, 0.6) is 5.75 Å². The summed E-state index contributed by atoms with van der Waals surface area (Å²) in [5.74, 6) is -2.37. The van der Waals surface area contributed by atoms with E-state index in [0.717, 1.165) is 42.5 Å². The van der Waals surface area contributed by atoms with Crippen LogP contribution >= 0.6 is 0 Å². The molecule has 5 heteroatoms. The Bertz CT molecular complexity index is 951. The van der Waals surface area contributed by atoms with Crippen LogP contribution in [0.3, 0.4) is 0 Å². The summed E-state index contributed by atoms with van der Waals surface area (Å²) in [7, 11) is 0. The van der Waals surface area contributed by atoms with Gasteiger partial charge in [0.25, 0.3) is 0 Å². The molecule has 36 heavy (non-hydrogen) atoms. The molecule has 3 rings (SSSR count). The van der Waals surface area contributed by atoms with Crippen LogP contribution in [0.25, 0.3) is 0 Å². The van der Waals surface area contributed by atoms with E-state index in [0.29, 0.717) is 5.92 Å². The van der Waals surface area contributed by atoms with Gasteiger partial charge in [0, 0.05) is 6.07 Å². The molecule has 0 aromatic heterocycles. The van der Waals surface area contributed by atoms with Crippen LogP contribution in [0.2, 0.25) is 0 Å². The molecular weight excluding hydrogens is 461 g/mol. The van der Waals surface area contributed by atoms with E-state index in [9.17, 15) is 18.0 Å². The Morgan fingerprint density at radius 3 is 2.03 bits per heavy atom. The monoisotopic (exact) mass is 502 g/mol. The third kappa shape index (κ3) is 9.29. The largest absolute Gasteiger partial charge is 0.423 e. The van der Waals surface area contributed by atoms with E-state index in [1.54, 1.807) is 6.07 Å². The third-order valence-corrected chi connectivity index (χ3v) is 7.63. The number of unbranched alkanes of at least 4 members (excludes halogenated alkanes) is 7. The Balaban J connectivity index is 1.34. The van der Waals surface area contributed by atoms with Crippen molar-refractivity contribution >= 4 is 5.97 Å². The first-order valence-electron chi connectivity index (χ1n) is 13.9. The van der Waals surface area contributed by atoms with E-state index < -0.39 is 23.4 Å². The number of rotatable bonds is 14. The molecule has 0 aliphatic heterocycles. The molecule has 1 fully saturated rings. The predicted molar refractivity (Wildman–Crippen MR) is 139 cm³/mol. The molecule has 0 heterocycles. The van der Waals surface area contributed by atoms with Crippen LogP contribution in [0.15, 0.2) is 36.4 Å². The summed E-state index contributed by atoms with van der Waals surface area (Å²) in [6.07, 6.45) is 19.3. The summed E-state index contributed by atoms with van der Waals surface area (Å²) < 4.78 is 45.9. The molecule has 0 saturated heterocycles. The number of aryl methyl sites for hydroxylation is 1. The van der Waals surface area contributed by atoms with Crippen LogP contribution in [0, 0.1) is 29.3 Å². The lowest BCUT2D eigenvalue weighted by Crippen LogP contribution is -2.15. The van der Waals surface area contributed by atoms with Crippen molar-refractivity contribution in [2.45, 2.75) is 103 Å². The van der Waals surface area contributed by atoms with E-state index in [1.165, 1.54) is 95.6 Å². The topological polar surface area (TPSA) is 26.3 Å². The number of carbonyl (C=O) groups excluding carboxylic acids is 1. The Kier molecular flexibility index (Phi) is 11.8. The fourth-order valence-electron chi connectivity index (χ4n) is 5.33. The zero-order chi connectivity index (χ0) is 25.8. The highest BCUT2D eigenvalue weighted by atomic mass is 19.2. The molecule has 0 unspecified atom stereocenters. The van der Waals surface area contributed by atoms with Crippen molar-refractivity contribution in [3.05, 3.63) is 65.0 Å². The van der Waals surface area contributed by atoms with Gasteiger partial charge in [0.05, 0.1) is 5.56 Å². The third-order valence-electron chi connectivity index (χ3n) is 7.63. The fraction of sp³-hybridized carbons (Fsp3) is 0.581. The Labute approximate surface area is 214 Å². The molecule has 198 valence electrons. The van der Waals surface area contributed by atoms with Gasteiger partial charge in [-0.3, -0.25) is 0 Å². The Morgan fingerprint density at radius 2 is 1.39 bits per heavy atom. The first kappa shape index (κ1) is 28.3. The van der Waals surface area contributed by atoms with Crippen LogP contribution in [0.1, 0.15) is 113 Å². The van der Waals surface area contributed by atoms with E-state index in [1.807, 2.05) is 0 Å². The van der Waals surface area contributed by atoms with Gasteiger partial charge >= 0.3 is 5.97 Å². The van der Waals surface area contributed by atoms with Crippen molar-refractivity contribution in [1.82, 2.24) is 0 Å². The number of carbonyl (C=O) groups is 1. The van der Waals surface area contributed by atoms with Gasteiger partial charge in [0.2, 0.25) is 0 Å². The SMILES string of the molecule is CCCCCCCCCC[C@H]1CC[C@H](CCc2ccc(C(=O)Oc3ccc(F)c(F)c3)c(F)c2)CC1. The molecule has 2 aromatic carbocycles. The minimum Gasteiger partial charge on any atom is -0.423 e. The number of hydrogen-bond acceptors (Lipinski definition) is 2. The minimum absolute atomic E-state index is 0.166. The summed E-state index contributed by atoms with van der Waals surface area (Å²) in [5.41, 5.74) is 0.642. The zero-order valence-corrected chi connectivity index (χ0v) is 21.7. The van der Waals surface area contributed by atoms with Gasteiger partial charge in [-0.15, -0.1) is 0 Å². The second kappa shape index (κ2) is 15.1. The minimum atomic E-state index is -1.13. The first-order chi connectivity index (χ1) is 17.5. The van der Waals surface area contributed by atoms with Gasteiger partial charge in [-0.1, -0.05) is 96.5 Å². The molecule has 0 bridgehead atoms. The van der Waals surface area contributed by atoms with Crippen molar-refractivity contribution < 1.29 is 22.7 Å². The van der Waals surface area contributed by atoms with E-state index >= 15 is 0 Å². The Morgan fingerprint density at radius 1 is 0.750 bits per heavy atom. The van der Waals surface area contributed by atoms with E-state index in [2.05, 4.69) is 6.92 Å². The van der Waals surface area contributed by atoms with Crippen LogP contribution < -0.4 is 4.74 Å². The van der Waals surface area contributed by atoms with Gasteiger partial charge in [-0.05, 0) is 54.5 Å². The normalized spacial score (nSPS) is 17.8. The van der Waals surface area contributed by atoms with E-state index in [4.69, 9.17) is 4.74 Å². The van der Waals surface area contributed by atoms with Crippen molar-refractivity contribution in [2.75, 3.05) is 0 Å². The van der Waals surface area contributed by atoms with Gasteiger partial charge in [0.1, 0.15) is 11.6 Å². The highest BCUT2D eigenvalue weighted by Gasteiger charge is 2.21. The standard InChI is InChI=1S/C31H41F3O2/c1-2-3-4-5-6-7-8-9-10-23-11-13-24(14-12-23)15-16-25-17-19-27(29(33)21-25)31(35)36-26-18-20-28(32)30(34)22-26/h17-24H,2-16H2,1H3/t23-,24-. The molecular formula is C31H41F3O2. The lowest BCUT2D eigenvalue weighted by Gasteiger charge is -2.28. The smallest absolute Gasteiger partial charge is 0.346 e. The number of esters is 1.